The van der Waals surface area contributed by atoms with Gasteiger partial charge in [0.05, 0.1) is 13.2 Å². The summed E-state index contributed by atoms with van der Waals surface area (Å²) in [5.74, 6) is 0.225. The van der Waals surface area contributed by atoms with Crippen LogP contribution >= 0.6 is 31.3 Å². The van der Waals surface area contributed by atoms with E-state index < -0.39 is 30.3 Å². The van der Waals surface area contributed by atoms with Gasteiger partial charge in [0.2, 0.25) is 0 Å². The van der Waals surface area contributed by atoms with Crippen LogP contribution in [0.2, 0.25) is 0 Å². The first-order valence-electron chi connectivity index (χ1n) is 8.38. The van der Waals surface area contributed by atoms with Gasteiger partial charge >= 0.3 is 13.5 Å². The molecule has 1 aliphatic rings. The number of nitrogens with two attached hydrogens (primary N) is 1. The quantitative estimate of drug-likeness (QED) is 0.371. The zero-order valence-corrected chi connectivity index (χ0v) is 17.6. The zero-order chi connectivity index (χ0) is 20.7. The summed E-state index contributed by atoms with van der Waals surface area (Å²) < 4.78 is 37.0. The fourth-order valence-electron chi connectivity index (χ4n) is 2.37. The molecule has 0 radical (unpaired) electrons. The number of phosphoric acid groups is 1. The van der Waals surface area contributed by atoms with Gasteiger partial charge in [-0.1, -0.05) is 11.8 Å². The van der Waals surface area contributed by atoms with E-state index in [1.165, 1.54) is 12.3 Å². The molecule has 4 N–H and O–H groups in total. The van der Waals surface area contributed by atoms with Gasteiger partial charge in [0.1, 0.15) is 17.4 Å². The zero-order valence-electron chi connectivity index (χ0n) is 15.0. The molecule has 10 nitrogen and oxygen atoms in total. The van der Waals surface area contributed by atoms with Crippen LogP contribution in [0.3, 0.4) is 0 Å². The third kappa shape index (κ3) is 7.05. The molecular weight excluding hydrogens is 434 g/mol. The van der Waals surface area contributed by atoms with E-state index >= 15 is 0 Å². The molecule has 4 atom stereocenters. The van der Waals surface area contributed by atoms with E-state index in [4.69, 9.17) is 14.8 Å². The average Bonchev–Trinajstić information content (AvgIpc) is 2.98. The van der Waals surface area contributed by atoms with E-state index in [0.717, 1.165) is 28.1 Å². The van der Waals surface area contributed by atoms with Crippen LogP contribution in [-0.2, 0) is 13.6 Å². The number of phosphoric ester groups is 1. The summed E-state index contributed by atoms with van der Waals surface area (Å²) in [4.78, 5) is 36.4. The van der Waals surface area contributed by atoms with E-state index in [1.807, 2.05) is 0 Å². The number of amides is 1. The Kier molecular flexibility index (Phi) is 8.78. The summed E-state index contributed by atoms with van der Waals surface area (Å²) in [5, 5.41) is 1.05. The summed E-state index contributed by atoms with van der Waals surface area (Å²) >= 11 is 2.03. The van der Waals surface area contributed by atoms with Crippen molar-refractivity contribution in [1.29, 1.82) is 0 Å². The highest BCUT2D eigenvalue weighted by Gasteiger charge is 2.38. The number of alkyl halides is 1. The number of carbonyl (C=O) groups is 1. The molecule has 1 fully saturated rings. The van der Waals surface area contributed by atoms with Crippen LogP contribution in [-0.4, -0.2) is 56.6 Å². The van der Waals surface area contributed by atoms with E-state index in [0.29, 0.717) is 6.54 Å². The summed E-state index contributed by atoms with van der Waals surface area (Å²) in [7, 11) is -4.33. The largest absolute Gasteiger partial charge is 0.472 e. The molecule has 1 amide bonds. The van der Waals surface area contributed by atoms with Crippen molar-refractivity contribution in [2.45, 2.75) is 30.1 Å². The molecule has 28 heavy (non-hydrogen) atoms. The van der Waals surface area contributed by atoms with Gasteiger partial charge < -0.3 is 15.9 Å². The van der Waals surface area contributed by atoms with Crippen LogP contribution in [0.4, 0.5) is 15.0 Å². The molecule has 1 saturated heterocycles. The maximum absolute atomic E-state index is 14.3. The van der Waals surface area contributed by atoms with Gasteiger partial charge in [-0.25, -0.2) is 13.8 Å². The van der Waals surface area contributed by atoms with Crippen molar-refractivity contribution < 1.29 is 27.7 Å². The first kappa shape index (κ1) is 23.2. The standard InChI is InChI=1S/C14H22FN4O6PS2/c1-2-17-14(21)27-6-5-24-26(22,23)25-8-9-7-10(15)12(28-9)19-4-3-11(16)18-13(19)20/h3-4,9-10,12H,2,5-8H2,1H3,(H,17,21)(H,22,23)(H2,16,18,20)/t9-,10-,12+/m0/s1. The van der Waals surface area contributed by atoms with Crippen molar-refractivity contribution >= 4 is 42.4 Å². The van der Waals surface area contributed by atoms with Crippen LogP contribution in [0.1, 0.15) is 18.7 Å². The number of carbonyl (C=O) groups excluding carboxylic acids is 1. The first-order chi connectivity index (χ1) is 13.2. The van der Waals surface area contributed by atoms with E-state index in [2.05, 4.69) is 10.3 Å². The van der Waals surface area contributed by atoms with Gasteiger partial charge in [-0.05, 0) is 19.4 Å². The predicted molar refractivity (Wildman–Crippen MR) is 106 cm³/mol. The molecule has 0 aromatic carbocycles. The van der Waals surface area contributed by atoms with E-state index in [-0.39, 0.29) is 36.4 Å². The molecule has 1 aromatic heterocycles. The molecule has 2 heterocycles. The number of halogens is 1. The molecule has 0 saturated carbocycles. The lowest BCUT2D eigenvalue weighted by Gasteiger charge is -2.16. The lowest BCUT2D eigenvalue weighted by molar-refractivity contribution is 0.153. The Labute approximate surface area is 169 Å². The van der Waals surface area contributed by atoms with Crippen LogP contribution in [0.15, 0.2) is 17.1 Å². The molecule has 14 heteroatoms. The molecule has 1 aromatic rings. The fourth-order valence-corrected chi connectivity index (χ4v) is 5.37. The second-order valence-corrected chi connectivity index (χ2v) is 9.65. The van der Waals surface area contributed by atoms with Crippen LogP contribution in [0.5, 0.6) is 0 Å². The molecule has 158 valence electrons. The van der Waals surface area contributed by atoms with Gasteiger partial charge in [0.25, 0.3) is 5.24 Å². The summed E-state index contributed by atoms with van der Waals surface area (Å²) in [5.41, 5.74) is 4.76. The second-order valence-electron chi connectivity index (χ2n) is 5.71. The Bertz CT molecular complexity index is 784. The van der Waals surface area contributed by atoms with Crippen LogP contribution < -0.4 is 16.7 Å². The summed E-state index contributed by atoms with van der Waals surface area (Å²) in [6.07, 6.45) is 0.0539. The molecule has 0 bridgehead atoms. The number of rotatable bonds is 9. The predicted octanol–water partition coefficient (Wildman–Crippen LogP) is 1.76. The fraction of sp³-hybridized carbons (Fsp3) is 0.643. The smallest absolute Gasteiger partial charge is 0.383 e. The van der Waals surface area contributed by atoms with E-state index in [9.17, 15) is 23.4 Å². The topological polar surface area (TPSA) is 146 Å². The summed E-state index contributed by atoms with van der Waals surface area (Å²) in [6.45, 7) is 1.88. The second kappa shape index (κ2) is 10.6. The van der Waals surface area contributed by atoms with Gasteiger partial charge in [0.15, 0.2) is 0 Å². The van der Waals surface area contributed by atoms with Gasteiger partial charge in [-0.3, -0.25) is 18.4 Å². The number of nitrogens with zero attached hydrogens (tertiary/aromatic N) is 2. The number of aromatic nitrogens is 2. The Morgan fingerprint density at radius 1 is 1.61 bits per heavy atom. The maximum Gasteiger partial charge on any atom is 0.472 e. The number of hydrogen-bond acceptors (Lipinski definition) is 9. The Hall–Kier alpha value is -1.11. The molecule has 0 aliphatic carbocycles. The van der Waals surface area contributed by atoms with Crippen molar-refractivity contribution in [3.63, 3.8) is 0 Å². The van der Waals surface area contributed by atoms with Crippen molar-refractivity contribution in [2.75, 3.05) is 31.2 Å². The Morgan fingerprint density at radius 2 is 2.36 bits per heavy atom. The highest BCUT2D eigenvalue weighted by molar-refractivity contribution is 8.13. The highest BCUT2D eigenvalue weighted by atomic mass is 32.2. The van der Waals surface area contributed by atoms with Gasteiger partial charge in [-0.2, -0.15) is 4.98 Å². The number of nitrogens with one attached hydrogen (secondary N) is 1. The molecular formula is C14H22FN4O6PS2. The Balaban J connectivity index is 1.78. The third-order valence-electron chi connectivity index (χ3n) is 3.57. The average molecular weight is 456 g/mol. The number of nitrogen functional groups attached to an aromatic ring is 1. The minimum absolute atomic E-state index is 0.0409. The van der Waals surface area contributed by atoms with Crippen molar-refractivity contribution in [2.24, 2.45) is 0 Å². The Morgan fingerprint density at radius 3 is 3.04 bits per heavy atom. The number of hydrogen-bond donors (Lipinski definition) is 3. The summed E-state index contributed by atoms with van der Waals surface area (Å²) in [6, 6.07) is 1.40. The molecule has 1 unspecified atom stereocenters. The van der Waals surface area contributed by atoms with Crippen LogP contribution in [0.25, 0.3) is 0 Å². The monoisotopic (exact) mass is 456 g/mol. The number of thioether (sulfide) groups is 2. The SMILES string of the molecule is CCNC(=O)SCCOP(=O)(O)OC[C@@H]1C[C@H](F)[C@H](n2ccc(N)nc2=O)S1. The van der Waals surface area contributed by atoms with Crippen molar-refractivity contribution in [1.82, 2.24) is 14.9 Å². The molecule has 0 spiro atoms. The van der Waals surface area contributed by atoms with Crippen LogP contribution in [0, 0.1) is 0 Å². The minimum atomic E-state index is -4.33. The third-order valence-corrected chi connectivity index (χ3v) is 6.85. The molecule has 2 rings (SSSR count). The highest BCUT2D eigenvalue weighted by Crippen LogP contribution is 2.47. The maximum atomic E-state index is 14.3. The van der Waals surface area contributed by atoms with Gasteiger partial charge in [0, 0.05) is 23.7 Å². The minimum Gasteiger partial charge on any atom is -0.383 e. The lowest BCUT2D eigenvalue weighted by atomic mass is 10.2. The van der Waals surface area contributed by atoms with Crippen molar-refractivity contribution in [3.8, 4) is 0 Å². The normalized spacial score (nSPS) is 24.0. The van der Waals surface area contributed by atoms with Gasteiger partial charge in [-0.15, -0.1) is 11.8 Å². The number of anilines is 1. The lowest BCUT2D eigenvalue weighted by Crippen LogP contribution is -2.28. The van der Waals surface area contributed by atoms with Crippen molar-refractivity contribution in [3.05, 3.63) is 22.7 Å². The molecule has 1 aliphatic heterocycles. The first-order valence-corrected chi connectivity index (χ1v) is 11.8. The van der Waals surface area contributed by atoms with E-state index in [1.54, 1.807) is 6.92 Å².